The number of carbonyl (C=O) groups is 1. The Morgan fingerprint density at radius 1 is 0.962 bits per heavy atom. The van der Waals surface area contributed by atoms with Crippen LogP contribution in [0.15, 0.2) is 24.3 Å². The van der Waals surface area contributed by atoms with Crippen LogP contribution in [0.5, 0.6) is 11.5 Å². The van der Waals surface area contributed by atoms with Crippen molar-refractivity contribution in [2.75, 3.05) is 13.7 Å². The first-order valence-electron chi connectivity index (χ1n) is 9.54. The summed E-state index contributed by atoms with van der Waals surface area (Å²) in [6.45, 7) is 15.7. The molecule has 0 bridgehead atoms. The maximum atomic E-state index is 11.9. The van der Waals surface area contributed by atoms with Gasteiger partial charge in [0.1, 0.15) is 17.1 Å². The van der Waals surface area contributed by atoms with Gasteiger partial charge in [-0.1, -0.05) is 41.5 Å². The Labute approximate surface area is 160 Å². The van der Waals surface area contributed by atoms with Crippen molar-refractivity contribution in [2.45, 2.75) is 77.1 Å². The van der Waals surface area contributed by atoms with Gasteiger partial charge in [0.15, 0.2) is 6.29 Å². The van der Waals surface area contributed by atoms with Crippen molar-refractivity contribution in [3.05, 3.63) is 24.3 Å². The van der Waals surface area contributed by atoms with Crippen molar-refractivity contribution in [1.82, 2.24) is 0 Å². The zero-order valence-electron chi connectivity index (χ0n) is 17.7. The molecular formula is C21H36O4Si. The molecule has 0 heterocycles. The molecule has 5 heteroatoms. The van der Waals surface area contributed by atoms with Gasteiger partial charge in [-0.25, -0.2) is 0 Å². The molecule has 1 rings (SSSR count). The monoisotopic (exact) mass is 380 g/mol. The average molecular weight is 381 g/mol. The largest absolute Gasteiger partial charge is 0.497 e. The summed E-state index contributed by atoms with van der Waals surface area (Å²) in [6.07, 6.45) is 1.49. The quantitative estimate of drug-likeness (QED) is 0.369. The van der Waals surface area contributed by atoms with E-state index in [0.29, 0.717) is 29.7 Å². The van der Waals surface area contributed by atoms with Crippen LogP contribution in [0.4, 0.5) is 0 Å². The molecular weight excluding hydrogens is 344 g/mol. The lowest BCUT2D eigenvalue weighted by Gasteiger charge is -2.46. The molecule has 0 radical (unpaired) electrons. The number of hydrogen-bond donors (Lipinski definition) is 0. The van der Waals surface area contributed by atoms with E-state index in [0.717, 1.165) is 17.8 Å². The normalized spacial score (nSPS) is 14.6. The summed E-state index contributed by atoms with van der Waals surface area (Å²) in [4.78, 5) is 11.9. The van der Waals surface area contributed by atoms with Crippen molar-refractivity contribution in [1.29, 1.82) is 0 Å². The van der Waals surface area contributed by atoms with Gasteiger partial charge in [-0.2, -0.15) is 0 Å². The van der Waals surface area contributed by atoms with E-state index in [1.807, 2.05) is 31.2 Å². The van der Waals surface area contributed by atoms with E-state index in [2.05, 4.69) is 41.5 Å². The number of methoxy groups -OCH3 is 1. The van der Waals surface area contributed by atoms with Crippen molar-refractivity contribution >= 4 is 14.6 Å². The van der Waals surface area contributed by atoms with Gasteiger partial charge in [0.25, 0.3) is 0 Å². The summed E-state index contributed by atoms with van der Waals surface area (Å²) in [5, 5.41) is 0. The molecule has 0 aliphatic rings. The van der Waals surface area contributed by atoms with Crippen LogP contribution in [0.1, 0.15) is 54.9 Å². The van der Waals surface area contributed by atoms with Gasteiger partial charge in [0, 0.05) is 6.42 Å². The molecule has 0 aromatic heterocycles. The second-order valence-corrected chi connectivity index (χ2v) is 13.5. The number of carbonyl (C=O) groups excluding carboxylic acids is 1. The van der Waals surface area contributed by atoms with Crippen LogP contribution in [0.3, 0.4) is 0 Å². The smallest absolute Gasteiger partial charge is 0.201 e. The molecule has 0 unspecified atom stereocenters. The van der Waals surface area contributed by atoms with Crippen LogP contribution >= 0.6 is 0 Å². The Morgan fingerprint density at radius 2 is 1.42 bits per heavy atom. The molecule has 0 N–H and O–H groups in total. The summed E-state index contributed by atoms with van der Waals surface area (Å²) >= 11 is 0. The average Bonchev–Trinajstić information content (AvgIpc) is 2.59. The minimum atomic E-state index is -2.13. The van der Waals surface area contributed by atoms with Crippen LogP contribution in [0.25, 0.3) is 0 Å². The zero-order valence-corrected chi connectivity index (χ0v) is 18.7. The van der Waals surface area contributed by atoms with Gasteiger partial charge >= 0.3 is 0 Å². The maximum absolute atomic E-state index is 11.9. The minimum absolute atomic E-state index is 0.431. The summed E-state index contributed by atoms with van der Waals surface area (Å²) in [5.74, 6) is 1.55. The molecule has 0 amide bonds. The van der Waals surface area contributed by atoms with Crippen LogP contribution < -0.4 is 9.47 Å². The fourth-order valence-electron chi connectivity index (χ4n) is 3.93. The van der Waals surface area contributed by atoms with Crippen LogP contribution in [0.2, 0.25) is 16.6 Å². The van der Waals surface area contributed by atoms with Gasteiger partial charge in [-0.3, -0.25) is 0 Å². The second kappa shape index (κ2) is 9.56. The number of benzene rings is 1. The predicted molar refractivity (Wildman–Crippen MR) is 110 cm³/mol. The Bertz CT molecular complexity index is 532. The first kappa shape index (κ1) is 22.7. The topological polar surface area (TPSA) is 44.8 Å². The number of ether oxygens (including phenoxy) is 2. The van der Waals surface area contributed by atoms with Crippen LogP contribution in [-0.4, -0.2) is 33.9 Å². The predicted octanol–water partition coefficient (Wildman–Crippen LogP) is 5.61. The minimum Gasteiger partial charge on any atom is -0.497 e. The molecule has 0 aliphatic heterocycles. The summed E-state index contributed by atoms with van der Waals surface area (Å²) < 4.78 is 17.7. The molecule has 1 atom stereocenters. The SMILES string of the molecule is COc1ccc(OCC[C@](C)(C=O)O[Si](C(C)C)(C(C)C)C(C)C)cc1. The summed E-state index contributed by atoms with van der Waals surface area (Å²) in [5.41, 5.74) is 0.482. The summed E-state index contributed by atoms with van der Waals surface area (Å²) in [7, 11) is -0.493. The van der Waals surface area contributed by atoms with E-state index in [1.54, 1.807) is 7.11 Å². The Morgan fingerprint density at radius 3 is 1.81 bits per heavy atom. The molecule has 4 nitrogen and oxygen atoms in total. The zero-order chi connectivity index (χ0) is 20.0. The molecule has 0 aliphatic carbocycles. The van der Waals surface area contributed by atoms with E-state index in [1.165, 1.54) is 0 Å². The molecule has 0 fully saturated rings. The fourth-order valence-corrected chi connectivity index (χ4v) is 9.60. The Kier molecular flexibility index (Phi) is 8.35. The standard InChI is InChI=1S/C21H36O4Si/c1-16(2)26(17(3)4,18(5)6)25-21(7,15-22)13-14-24-20-11-9-19(23-8)10-12-20/h9-12,15-18H,13-14H2,1-8H3/t21-/m1/s1. The van der Waals surface area contributed by atoms with Gasteiger partial charge in [-0.05, 0) is 47.8 Å². The number of rotatable bonds is 11. The van der Waals surface area contributed by atoms with E-state index < -0.39 is 13.9 Å². The Hall–Kier alpha value is -1.33. The molecule has 0 saturated heterocycles. The van der Waals surface area contributed by atoms with Crippen molar-refractivity contribution < 1.29 is 18.7 Å². The third kappa shape index (κ3) is 5.33. The highest BCUT2D eigenvalue weighted by Crippen LogP contribution is 2.44. The van der Waals surface area contributed by atoms with Crippen LogP contribution in [0, 0.1) is 0 Å². The van der Waals surface area contributed by atoms with E-state index in [9.17, 15) is 4.79 Å². The second-order valence-electron chi connectivity index (χ2n) is 8.12. The van der Waals surface area contributed by atoms with E-state index in [4.69, 9.17) is 13.9 Å². The van der Waals surface area contributed by atoms with Gasteiger partial charge in [0.05, 0.1) is 13.7 Å². The van der Waals surface area contributed by atoms with Gasteiger partial charge in [0.2, 0.25) is 8.32 Å². The van der Waals surface area contributed by atoms with Crippen molar-refractivity contribution in [3.8, 4) is 11.5 Å². The van der Waals surface area contributed by atoms with E-state index >= 15 is 0 Å². The molecule has 1 aromatic carbocycles. The summed E-state index contributed by atoms with van der Waals surface area (Å²) in [6, 6.07) is 7.46. The first-order chi connectivity index (χ1) is 12.1. The molecule has 0 spiro atoms. The Balaban J connectivity index is 2.83. The maximum Gasteiger partial charge on any atom is 0.201 e. The lowest BCUT2D eigenvalue weighted by molar-refractivity contribution is -0.122. The molecule has 1 aromatic rings. The van der Waals surface area contributed by atoms with Gasteiger partial charge < -0.3 is 18.7 Å². The van der Waals surface area contributed by atoms with E-state index in [-0.39, 0.29) is 0 Å². The lowest BCUT2D eigenvalue weighted by atomic mass is 10.1. The molecule has 26 heavy (non-hydrogen) atoms. The highest BCUT2D eigenvalue weighted by molar-refractivity contribution is 6.77. The number of hydrogen-bond acceptors (Lipinski definition) is 4. The lowest BCUT2D eigenvalue weighted by Crippen LogP contribution is -2.54. The highest BCUT2D eigenvalue weighted by atomic mass is 28.4. The van der Waals surface area contributed by atoms with Crippen molar-refractivity contribution in [3.63, 3.8) is 0 Å². The fraction of sp³-hybridized carbons (Fsp3) is 0.667. The molecule has 0 saturated carbocycles. The molecule has 148 valence electrons. The number of aldehydes is 1. The highest BCUT2D eigenvalue weighted by Gasteiger charge is 2.49. The third-order valence-corrected chi connectivity index (χ3v) is 11.5. The third-order valence-electron chi connectivity index (χ3n) is 5.29. The first-order valence-corrected chi connectivity index (χ1v) is 11.7. The van der Waals surface area contributed by atoms with Crippen LogP contribution in [-0.2, 0) is 9.22 Å². The van der Waals surface area contributed by atoms with Crippen molar-refractivity contribution in [2.24, 2.45) is 0 Å². The van der Waals surface area contributed by atoms with Gasteiger partial charge in [-0.15, -0.1) is 0 Å².